The van der Waals surface area contributed by atoms with Crippen LogP contribution in [0.1, 0.15) is 5.56 Å². The fourth-order valence-corrected chi connectivity index (χ4v) is 6.80. The van der Waals surface area contributed by atoms with Crippen LogP contribution >= 0.6 is 11.3 Å². The standard InChI is InChI=1S/C30H18N2S/c1-17-9-12-24(31-16-17)18-10-13-25-23(15-18)20-6-4-7-22-28-26(32(25)29(20)22)14-11-21-19-5-2-3-8-27(19)33-30(21)28/h2-16H,1H3. The third kappa shape index (κ3) is 2.20. The summed E-state index contributed by atoms with van der Waals surface area (Å²) in [6.07, 6.45) is 1.94. The third-order valence-corrected chi connectivity index (χ3v) is 8.23. The Morgan fingerprint density at radius 2 is 1.55 bits per heavy atom. The van der Waals surface area contributed by atoms with Crippen LogP contribution in [0.3, 0.4) is 0 Å². The summed E-state index contributed by atoms with van der Waals surface area (Å²) in [4.78, 5) is 4.66. The molecule has 0 radical (unpaired) electrons. The van der Waals surface area contributed by atoms with Gasteiger partial charge in [0, 0.05) is 53.5 Å². The highest BCUT2D eigenvalue weighted by Gasteiger charge is 2.20. The van der Waals surface area contributed by atoms with E-state index in [-0.39, 0.29) is 0 Å². The molecule has 0 N–H and O–H groups in total. The summed E-state index contributed by atoms with van der Waals surface area (Å²) in [5.41, 5.74) is 7.22. The quantitative estimate of drug-likeness (QED) is 0.251. The van der Waals surface area contributed by atoms with Gasteiger partial charge in [0.15, 0.2) is 0 Å². The number of fused-ring (bicyclic) bond motifs is 10. The van der Waals surface area contributed by atoms with E-state index in [1.165, 1.54) is 63.8 Å². The van der Waals surface area contributed by atoms with Crippen molar-refractivity contribution in [3.63, 3.8) is 0 Å². The maximum absolute atomic E-state index is 4.66. The highest BCUT2D eigenvalue weighted by Crippen LogP contribution is 2.45. The Morgan fingerprint density at radius 3 is 2.45 bits per heavy atom. The van der Waals surface area contributed by atoms with Crippen LogP contribution in [0, 0.1) is 6.92 Å². The first-order chi connectivity index (χ1) is 16.3. The monoisotopic (exact) mass is 438 g/mol. The lowest BCUT2D eigenvalue weighted by atomic mass is 10.0. The molecule has 0 aliphatic carbocycles. The van der Waals surface area contributed by atoms with Gasteiger partial charge in [-0.05, 0) is 42.8 Å². The van der Waals surface area contributed by atoms with E-state index in [1.54, 1.807) is 0 Å². The Kier molecular flexibility index (Phi) is 3.25. The maximum atomic E-state index is 4.66. The predicted octanol–water partition coefficient (Wildman–Crippen LogP) is 8.58. The van der Waals surface area contributed by atoms with Gasteiger partial charge in [0.25, 0.3) is 0 Å². The second-order valence-corrected chi connectivity index (χ2v) is 9.98. The van der Waals surface area contributed by atoms with Crippen LogP contribution in [-0.4, -0.2) is 9.38 Å². The van der Waals surface area contributed by atoms with Gasteiger partial charge in [0.1, 0.15) is 0 Å². The van der Waals surface area contributed by atoms with E-state index in [0.717, 1.165) is 11.3 Å². The summed E-state index contributed by atoms with van der Waals surface area (Å²) in [7, 11) is 0. The number of nitrogens with zero attached hydrogens (tertiary/aromatic N) is 2. The second kappa shape index (κ2) is 6.09. The van der Waals surface area contributed by atoms with Gasteiger partial charge in [-0.2, -0.15) is 0 Å². The van der Waals surface area contributed by atoms with E-state index in [9.17, 15) is 0 Å². The fraction of sp³-hybridized carbons (Fsp3) is 0.0333. The Morgan fingerprint density at radius 1 is 0.697 bits per heavy atom. The molecule has 4 aromatic heterocycles. The normalized spacial score (nSPS) is 12.4. The molecule has 0 aliphatic heterocycles. The van der Waals surface area contributed by atoms with Gasteiger partial charge >= 0.3 is 0 Å². The van der Waals surface area contributed by atoms with Crippen LogP contribution < -0.4 is 0 Å². The van der Waals surface area contributed by atoms with Crippen LogP contribution in [0.25, 0.3) is 69.5 Å². The Balaban J connectivity index is 1.53. The molecule has 0 bridgehead atoms. The summed E-state index contributed by atoms with van der Waals surface area (Å²) >= 11 is 1.91. The zero-order valence-electron chi connectivity index (χ0n) is 18.0. The number of aryl methyl sites for hydroxylation is 1. The van der Waals surface area contributed by atoms with Gasteiger partial charge in [0.05, 0.1) is 22.2 Å². The van der Waals surface area contributed by atoms with Crippen molar-refractivity contribution >= 4 is 69.6 Å². The summed E-state index contributed by atoms with van der Waals surface area (Å²) in [6.45, 7) is 2.08. The van der Waals surface area contributed by atoms with Crippen LogP contribution in [0.4, 0.5) is 0 Å². The van der Waals surface area contributed by atoms with Crippen molar-refractivity contribution in [1.82, 2.24) is 9.38 Å². The van der Waals surface area contributed by atoms with E-state index in [4.69, 9.17) is 0 Å². The van der Waals surface area contributed by atoms with Crippen molar-refractivity contribution in [1.29, 1.82) is 0 Å². The van der Waals surface area contributed by atoms with Crippen LogP contribution in [0.2, 0.25) is 0 Å². The van der Waals surface area contributed by atoms with Crippen LogP contribution in [-0.2, 0) is 0 Å². The van der Waals surface area contributed by atoms with Crippen LogP contribution in [0.5, 0.6) is 0 Å². The zero-order chi connectivity index (χ0) is 21.7. The van der Waals surface area contributed by atoms with Gasteiger partial charge in [-0.15, -0.1) is 11.3 Å². The number of aromatic nitrogens is 2. The SMILES string of the molecule is Cc1ccc(-c2ccc3c(c2)c2cccc4c5c6sc7ccccc7c6ccc5n3c24)nc1. The number of benzene rings is 4. The molecule has 0 atom stereocenters. The minimum Gasteiger partial charge on any atom is -0.308 e. The molecule has 8 aromatic rings. The summed E-state index contributed by atoms with van der Waals surface area (Å²) in [6, 6.07) is 31.1. The molecular weight excluding hydrogens is 420 g/mol. The lowest BCUT2D eigenvalue weighted by Gasteiger charge is -2.04. The summed E-state index contributed by atoms with van der Waals surface area (Å²) in [5.74, 6) is 0. The van der Waals surface area contributed by atoms with Gasteiger partial charge in [-0.3, -0.25) is 4.98 Å². The van der Waals surface area contributed by atoms with E-state index in [2.05, 4.69) is 101 Å². The third-order valence-electron chi connectivity index (χ3n) is 7.03. The van der Waals surface area contributed by atoms with Gasteiger partial charge in [-0.1, -0.05) is 54.6 Å². The van der Waals surface area contributed by atoms with Crippen molar-refractivity contribution in [3.8, 4) is 11.3 Å². The minimum atomic E-state index is 1.02. The average molecular weight is 439 g/mol. The fourth-order valence-electron chi connectivity index (χ4n) is 5.54. The number of rotatable bonds is 1. The highest BCUT2D eigenvalue weighted by atomic mass is 32.1. The molecule has 154 valence electrons. The van der Waals surface area contributed by atoms with Crippen molar-refractivity contribution in [3.05, 3.63) is 96.7 Å². The first-order valence-corrected chi connectivity index (χ1v) is 12.0. The van der Waals surface area contributed by atoms with Crippen molar-refractivity contribution in [2.24, 2.45) is 0 Å². The lowest BCUT2D eigenvalue weighted by molar-refractivity contribution is 1.27. The molecule has 4 aromatic carbocycles. The Labute approximate surface area is 193 Å². The van der Waals surface area contributed by atoms with E-state index >= 15 is 0 Å². The van der Waals surface area contributed by atoms with E-state index in [1.807, 2.05) is 17.5 Å². The molecule has 8 rings (SSSR count). The molecule has 0 saturated carbocycles. The molecule has 0 saturated heterocycles. The molecule has 2 nitrogen and oxygen atoms in total. The smallest absolute Gasteiger partial charge is 0.0702 e. The minimum absolute atomic E-state index is 1.02. The van der Waals surface area contributed by atoms with Crippen LogP contribution in [0.15, 0.2) is 91.1 Å². The van der Waals surface area contributed by atoms with Gasteiger partial charge in [-0.25, -0.2) is 0 Å². The average Bonchev–Trinajstić information content (AvgIpc) is 3.50. The number of pyridine rings is 1. The topological polar surface area (TPSA) is 17.3 Å². The number of hydrogen-bond donors (Lipinski definition) is 0. The Hall–Kier alpha value is -3.95. The molecule has 4 heterocycles. The zero-order valence-corrected chi connectivity index (χ0v) is 18.8. The van der Waals surface area contributed by atoms with Crippen molar-refractivity contribution in [2.45, 2.75) is 6.92 Å². The molecule has 3 heteroatoms. The second-order valence-electron chi connectivity index (χ2n) is 8.92. The molecule has 0 unspecified atom stereocenters. The molecular formula is C30H18N2S. The van der Waals surface area contributed by atoms with Crippen molar-refractivity contribution < 1.29 is 0 Å². The van der Waals surface area contributed by atoms with E-state index in [0.29, 0.717) is 0 Å². The summed E-state index contributed by atoms with van der Waals surface area (Å²) in [5, 5.41) is 8.01. The van der Waals surface area contributed by atoms with Gasteiger partial charge < -0.3 is 4.40 Å². The molecule has 0 spiro atoms. The molecule has 33 heavy (non-hydrogen) atoms. The largest absolute Gasteiger partial charge is 0.308 e. The molecule has 0 amide bonds. The number of hydrogen-bond acceptors (Lipinski definition) is 2. The summed E-state index contributed by atoms with van der Waals surface area (Å²) < 4.78 is 5.20. The van der Waals surface area contributed by atoms with Crippen molar-refractivity contribution in [2.75, 3.05) is 0 Å². The first-order valence-electron chi connectivity index (χ1n) is 11.2. The molecule has 0 aliphatic rings. The molecule has 0 fully saturated rings. The first kappa shape index (κ1) is 17.6. The maximum Gasteiger partial charge on any atom is 0.0702 e. The number of para-hydroxylation sites is 1. The van der Waals surface area contributed by atoms with Gasteiger partial charge in [0.2, 0.25) is 0 Å². The van der Waals surface area contributed by atoms with E-state index < -0.39 is 0 Å². The predicted molar refractivity (Wildman–Crippen MR) is 142 cm³/mol. The number of thiophene rings is 1. The Bertz CT molecular complexity index is 2020. The highest BCUT2D eigenvalue weighted by molar-refractivity contribution is 7.26. The lowest BCUT2D eigenvalue weighted by Crippen LogP contribution is -1.85.